The van der Waals surface area contributed by atoms with Gasteiger partial charge in [-0.2, -0.15) is 8.78 Å². The highest BCUT2D eigenvalue weighted by molar-refractivity contribution is 5.74. The van der Waals surface area contributed by atoms with Crippen molar-refractivity contribution in [1.82, 2.24) is 9.97 Å². The highest BCUT2D eigenvalue weighted by Gasteiger charge is 2.06. The van der Waals surface area contributed by atoms with Crippen LogP contribution in [0.1, 0.15) is 5.56 Å². The van der Waals surface area contributed by atoms with E-state index in [2.05, 4.69) is 9.97 Å². The van der Waals surface area contributed by atoms with Crippen molar-refractivity contribution in [2.75, 3.05) is 0 Å². The van der Waals surface area contributed by atoms with Gasteiger partial charge in [-0.3, -0.25) is 0 Å². The molecule has 2 aromatic rings. The lowest BCUT2D eigenvalue weighted by molar-refractivity contribution is 0.459. The highest BCUT2D eigenvalue weighted by Crippen LogP contribution is 2.12. The molecule has 0 unspecified atom stereocenters. The van der Waals surface area contributed by atoms with Crippen molar-refractivity contribution in [2.24, 2.45) is 0 Å². The molecule has 1 heterocycles. The van der Waals surface area contributed by atoms with E-state index in [-0.39, 0.29) is 0 Å². The van der Waals surface area contributed by atoms with Gasteiger partial charge >= 0.3 is 0 Å². The molecule has 2 nitrogen and oxygen atoms in total. The molecule has 0 radical (unpaired) electrons. The van der Waals surface area contributed by atoms with E-state index in [1.165, 1.54) is 0 Å². The van der Waals surface area contributed by atoms with Gasteiger partial charge in [-0.1, -0.05) is 6.07 Å². The SMILES string of the molecule is Cc1ccc2nc(F)c(F)nc2c1. The van der Waals surface area contributed by atoms with Crippen LogP contribution in [-0.4, -0.2) is 9.97 Å². The molecule has 0 aliphatic rings. The lowest BCUT2D eigenvalue weighted by Crippen LogP contribution is -1.95. The van der Waals surface area contributed by atoms with E-state index in [9.17, 15) is 8.78 Å². The van der Waals surface area contributed by atoms with Crippen molar-refractivity contribution >= 4 is 11.0 Å². The molecule has 4 heteroatoms. The Kier molecular flexibility index (Phi) is 1.69. The van der Waals surface area contributed by atoms with E-state index >= 15 is 0 Å². The monoisotopic (exact) mass is 180 g/mol. The smallest absolute Gasteiger partial charge is 0.214 e. The molecule has 0 aliphatic carbocycles. The van der Waals surface area contributed by atoms with E-state index in [4.69, 9.17) is 0 Å². The van der Waals surface area contributed by atoms with Crippen molar-refractivity contribution in [3.63, 3.8) is 0 Å². The minimum absolute atomic E-state index is 0.365. The average molecular weight is 180 g/mol. The summed E-state index contributed by atoms with van der Waals surface area (Å²) in [7, 11) is 0. The van der Waals surface area contributed by atoms with Gasteiger partial charge in [0.25, 0.3) is 11.9 Å². The minimum Gasteiger partial charge on any atom is -0.214 e. The first-order valence-electron chi connectivity index (χ1n) is 3.76. The summed E-state index contributed by atoms with van der Waals surface area (Å²) in [5.41, 5.74) is 1.68. The molecule has 0 aliphatic heterocycles. The summed E-state index contributed by atoms with van der Waals surface area (Å²) >= 11 is 0. The summed E-state index contributed by atoms with van der Waals surface area (Å²) in [5.74, 6) is -2.31. The quantitative estimate of drug-likeness (QED) is 0.621. The van der Waals surface area contributed by atoms with Crippen LogP contribution in [0.15, 0.2) is 18.2 Å². The van der Waals surface area contributed by atoms with Crippen LogP contribution in [0.2, 0.25) is 0 Å². The standard InChI is InChI=1S/C9H6F2N2/c1-5-2-3-6-7(4-5)13-9(11)8(10)12-6/h2-4H,1H3. The summed E-state index contributed by atoms with van der Waals surface area (Å²) in [6.07, 6.45) is 0. The number of nitrogens with zero attached hydrogens (tertiary/aromatic N) is 2. The third-order valence-electron chi connectivity index (χ3n) is 1.74. The molecule has 1 aromatic heterocycles. The van der Waals surface area contributed by atoms with Gasteiger partial charge in [0.15, 0.2) is 0 Å². The van der Waals surface area contributed by atoms with Crippen LogP contribution in [-0.2, 0) is 0 Å². The first-order chi connectivity index (χ1) is 6.16. The van der Waals surface area contributed by atoms with Crippen molar-refractivity contribution in [3.05, 3.63) is 35.7 Å². The number of fused-ring (bicyclic) bond motifs is 1. The van der Waals surface area contributed by atoms with Gasteiger partial charge in [-0.15, -0.1) is 0 Å². The zero-order valence-corrected chi connectivity index (χ0v) is 6.88. The average Bonchev–Trinajstić information content (AvgIpc) is 2.08. The summed E-state index contributed by atoms with van der Waals surface area (Å²) in [4.78, 5) is 6.84. The maximum atomic E-state index is 12.6. The van der Waals surface area contributed by atoms with E-state index in [1.807, 2.05) is 6.92 Å². The van der Waals surface area contributed by atoms with Gasteiger partial charge in [-0.05, 0) is 24.6 Å². The summed E-state index contributed by atoms with van der Waals surface area (Å²) in [5, 5.41) is 0. The highest BCUT2D eigenvalue weighted by atomic mass is 19.2. The molecular weight excluding hydrogens is 174 g/mol. The Morgan fingerprint density at radius 3 is 2.31 bits per heavy atom. The summed E-state index contributed by atoms with van der Waals surface area (Å²) in [6, 6.07) is 5.04. The number of hydrogen-bond donors (Lipinski definition) is 0. The molecule has 66 valence electrons. The first kappa shape index (κ1) is 8.04. The molecule has 0 spiro atoms. The van der Waals surface area contributed by atoms with Crippen LogP contribution in [0.5, 0.6) is 0 Å². The number of halogens is 2. The number of aromatic nitrogens is 2. The molecule has 2 rings (SSSR count). The molecule has 0 N–H and O–H groups in total. The fourth-order valence-corrected chi connectivity index (χ4v) is 1.12. The molecule has 0 fully saturated rings. The van der Waals surface area contributed by atoms with Crippen LogP contribution < -0.4 is 0 Å². The van der Waals surface area contributed by atoms with Crippen LogP contribution >= 0.6 is 0 Å². The fourth-order valence-electron chi connectivity index (χ4n) is 1.12. The van der Waals surface area contributed by atoms with E-state index < -0.39 is 11.9 Å². The van der Waals surface area contributed by atoms with E-state index in [1.54, 1.807) is 18.2 Å². The number of hydrogen-bond acceptors (Lipinski definition) is 2. The normalized spacial score (nSPS) is 10.7. The Morgan fingerprint density at radius 2 is 1.62 bits per heavy atom. The van der Waals surface area contributed by atoms with Gasteiger partial charge in [0, 0.05) is 0 Å². The van der Waals surface area contributed by atoms with Gasteiger partial charge < -0.3 is 0 Å². The van der Waals surface area contributed by atoms with E-state index in [0.29, 0.717) is 11.0 Å². The van der Waals surface area contributed by atoms with Crippen molar-refractivity contribution in [3.8, 4) is 0 Å². The molecule has 0 atom stereocenters. The van der Waals surface area contributed by atoms with Gasteiger partial charge in [0.2, 0.25) is 0 Å². The maximum absolute atomic E-state index is 12.6. The fraction of sp³-hybridized carbons (Fsp3) is 0.111. The second kappa shape index (κ2) is 2.73. The first-order valence-corrected chi connectivity index (χ1v) is 3.76. The van der Waals surface area contributed by atoms with Crippen LogP contribution in [0, 0.1) is 18.8 Å². The Labute approximate surface area is 73.2 Å². The van der Waals surface area contributed by atoms with Crippen molar-refractivity contribution in [1.29, 1.82) is 0 Å². The molecule has 0 bridgehead atoms. The number of benzene rings is 1. The lowest BCUT2D eigenvalue weighted by Gasteiger charge is -1.98. The Balaban J connectivity index is 2.81. The molecule has 0 saturated heterocycles. The van der Waals surface area contributed by atoms with Crippen molar-refractivity contribution in [2.45, 2.75) is 6.92 Å². The van der Waals surface area contributed by atoms with Gasteiger partial charge in [-0.25, -0.2) is 9.97 Å². The third kappa shape index (κ3) is 1.35. The Bertz CT molecular complexity index is 468. The predicted molar refractivity (Wildman–Crippen MR) is 44.2 cm³/mol. The van der Waals surface area contributed by atoms with Crippen LogP contribution in [0.3, 0.4) is 0 Å². The lowest BCUT2D eigenvalue weighted by atomic mass is 10.2. The third-order valence-corrected chi connectivity index (χ3v) is 1.74. The molecule has 0 saturated carbocycles. The maximum Gasteiger partial charge on any atom is 0.269 e. The van der Waals surface area contributed by atoms with E-state index in [0.717, 1.165) is 5.56 Å². The Morgan fingerprint density at radius 1 is 1.00 bits per heavy atom. The topological polar surface area (TPSA) is 25.8 Å². The van der Waals surface area contributed by atoms with Gasteiger partial charge in [0.05, 0.1) is 11.0 Å². The molecule has 0 amide bonds. The van der Waals surface area contributed by atoms with Crippen LogP contribution in [0.4, 0.5) is 8.78 Å². The molecular formula is C9H6F2N2. The summed E-state index contributed by atoms with van der Waals surface area (Å²) < 4.78 is 25.2. The molecule has 1 aromatic carbocycles. The predicted octanol–water partition coefficient (Wildman–Crippen LogP) is 2.22. The minimum atomic E-state index is -1.16. The Hall–Kier alpha value is -1.58. The summed E-state index contributed by atoms with van der Waals surface area (Å²) in [6.45, 7) is 1.85. The second-order valence-corrected chi connectivity index (χ2v) is 2.80. The number of aryl methyl sites for hydroxylation is 1. The zero-order chi connectivity index (χ0) is 9.42. The second-order valence-electron chi connectivity index (χ2n) is 2.80. The van der Waals surface area contributed by atoms with Crippen molar-refractivity contribution < 1.29 is 8.78 Å². The largest absolute Gasteiger partial charge is 0.269 e. The zero-order valence-electron chi connectivity index (χ0n) is 6.88. The molecule has 13 heavy (non-hydrogen) atoms. The number of rotatable bonds is 0. The van der Waals surface area contributed by atoms with Gasteiger partial charge in [0.1, 0.15) is 0 Å². The van der Waals surface area contributed by atoms with Crippen LogP contribution in [0.25, 0.3) is 11.0 Å².